The second-order valence-corrected chi connectivity index (χ2v) is 9.20. The predicted molar refractivity (Wildman–Crippen MR) is 135 cm³/mol. The van der Waals surface area contributed by atoms with Gasteiger partial charge >= 0.3 is 0 Å². The third-order valence-corrected chi connectivity index (χ3v) is 7.43. The van der Waals surface area contributed by atoms with Gasteiger partial charge in [-0.05, 0) is 52.4 Å². The lowest BCUT2D eigenvalue weighted by atomic mass is 9.79. The molecule has 0 saturated carbocycles. The van der Waals surface area contributed by atoms with E-state index in [0.717, 1.165) is 11.3 Å². The topological polar surface area (TPSA) is 46.6 Å². The van der Waals surface area contributed by atoms with Gasteiger partial charge in [0, 0.05) is 18.4 Å². The summed E-state index contributed by atoms with van der Waals surface area (Å²) in [6.45, 7) is 0.345. The highest BCUT2D eigenvalue weighted by Crippen LogP contribution is 2.53. The van der Waals surface area contributed by atoms with E-state index in [-0.39, 0.29) is 29.6 Å². The Bertz CT molecular complexity index is 1380. The molecule has 0 radical (unpaired) electrons. The van der Waals surface area contributed by atoms with Crippen LogP contribution in [0.4, 0.5) is 0 Å². The molecule has 172 valence electrons. The monoisotopic (exact) mass is 459 g/mol. The summed E-state index contributed by atoms with van der Waals surface area (Å²) in [6.07, 6.45) is 0. The lowest BCUT2D eigenvalue weighted by Gasteiger charge is -2.30. The molecule has 0 saturated heterocycles. The van der Waals surface area contributed by atoms with Crippen molar-refractivity contribution in [3.8, 4) is 5.75 Å². The van der Waals surface area contributed by atoms with Crippen LogP contribution in [-0.4, -0.2) is 30.4 Å². The first kappa shape index (κ1) is 21.4. The average Bonchev–Trinajstić information content (AvgIpc) is 3.37. The summed E-state index contributed by atoms with van der Waals surface area (Å²) in [5, 5.41) is 0. The van der Waals surface area contributed by atoms with Crippen molar-refractivity contribution < 1.29 is 14.3 Å². The van der Waals surface area contributed by atoms with Gasteiger partial charge in [-0.2, -0.15) is 0 Å². The Labute approximate surface area is 204 Å². The zero-order valence-electron chi connectivity index (χ0n) is 19.4. The number of methoxy groups -OCH3 is 1. The van der Waals surface area contributed by atoms with E-state index in [1.165, 1.54) is 21.6 Å². The van der Waals surface area contributed by atoms with Crippen LogP contribution in [0.2, 0.25) is 0 Å². The van der Waals surface area contributed by atoms with Crippen LogP contribution in [0.1, 0.15) is 54.8 Å². The fraction of sp³-hybridized carbons (Fsp3) is 0.161. The number of hydrogen-bond donors (Lipinski definition) is 0. The Morgan fingerprint density at radius 1 is 0.629 bits per heavy atom. The molecule has 0 spiro atoms. The van der Waals surface area contributed by atoms with Crippen LogP contribution in [-0.2, 0) is 0 Å². The largest absolute Gasteiger partial charge is 0.497 e. The number of carbonyl (C=O) groups is 2. The molecule has 0 N–H and O–H groups in total. The molecule has 0 bridgehead atoms. The zero-order valence-corrected chi connectivity index (χ0v) is 19.4. The first-order valence-corrected chi connectivity index (χ1v) is 11.9. The molecular weight excluding hydrogens is 434 g/mol. The van der Waals surface area contributed by atoms with Crippen molar-refractivity contribution in [3.05, 3.63) is 137 Å². The van der Waals surface area contributed by atoms with Crippen LogP contribution in [0.25, 0.3) is 0 Å². The normalized spacial score (nSPS) is 20.6. The maximum Gasteiger partial charge on any atom is 0.261 e. The summed E-state index contributed by atoms with van der Waals surface area (Å²) in [5.41, 5.74) is 5.82. The summed E-state index contributed by atoms with van der Waals surface area (Å²) in [7, 11) is 1.66. The molecule has 3 atom stereocenters. The highest BCUT2D eigenvalue weighted by atomic mass is 16.5. The number of amides is 2. The van der Waals surface area contributed by atoms with Crippen LogP contribution in [0, 0.1) is 5.92 Å². The number of fused-ring (bicyclic) bond motifs is 2. The Balaban J connectivity index is 1.48. The highest BCUT2D eigenvalue weighted by molar-refractivity contribution is 6.21. The first-order valence-electron chi connectivity index (χ1n) is 11.9. The van der Waals surface area contributed by atoms with Gasteiger partial charge in [0.15, 0.2) is 0 Å². The van der Waals surface area contributed by atoms with E-state index in [1.807, 2.05) is 30.3 Å². The van der Waals surface area contributed by atoms with Crippen LogP contribution in [0.5, 0.6) is 5.75 Å². The molecule has 0 unspecified atom stereocenters. The van der Waals surface area contributed by atoms with Gasteiger partial charge < -0.3 is 4.74 Å². The standard InChI is InChI=1S/C31H25NO3/c1-35-22-17-15-21(16-18-22)29-24-12-6-5-11-23(24)28(20-9-3-2-4-10-20)27(29)19-32-30(33)25-13-7-8-14-26(25)31(32)34/h2-18,27-29H,19H2,1H3/t27-,28+,29-/m0/s1. The van der Waals surface area contributed by atoms with Gasteiger partial charge in [0.1, 0.15) is 5.75 Å². The minimum atomic E-state index is -0.207. The minimum Gasteiger partial charge on any atom is -0.497 e. The number of imide groups is 1. The molecule has 1 aliphatic heterocycles. The Morgan fingerprint density at radius 2 is 1.11 bits per heavy atom. The fourth-order valence-electron chi connectivity index (χ4n) is 5.88. The van der Waals surface area contributed by atoms with Crippen molar-refractivity contribution in [2.24, 2.45) is 5.92 Å². The summed E-state index contributed by atoms with van der Waals surface area (Å²) < 4.78 is 5.39. The van der Waals surface area contributed by atoms with E-state index in [0.29, 0.717) is 17.7 Å². The summed E-state index contributed by atoms with van der Waals surface area (Å²) >= 11 is 0. The second kappa shape index (κ2) is 8.55. The number of carbonyl (C=O) groups excluding carboxylic acids is 2. The molecule has 2 amide bonds. The van der Waals surface area contributed by atoms with E-state index in [1.54, 1.807) is 19.2 Å². The molecule has 35 heavy (non-hydrogen) atoms. The van der Waals surface area contributed by atoms with Crippen LogP contribution in [0.15, 0.2) is 103 Å². The van der Waals surface area contributed by atoms with E-state index >= 15 is 0 Å². The fourth-order valence-corrected chi connectivity index (χ4v) is 5.88. The Hall–Kier alpha value is -4.18. The zero-order chi connectivity index (χ0) is 23.9. The molecule has 4 aromatic rings. The number of nitrogens with zero attached hydrogens (tertiary/aromatic N) is 1. The van der Waals surface area contributed by atoms with Crippen LogP contribution >= 0.6 is 0 Å². The lowest BCUT2D eigenvalue weighted by Crippen LogP contribution is -2.37. The maximum absolute atomic E-state index is 13.3. The Kier molecular flexibility index (Phi) is 5.22. The summed E-state index contributed by atoms with van der Waals surface area (Å²) in [4.78, 5) is 28.1. The van der Waals surface area contributed by atoms with Crippen LogP contribution < -0.4 is 4.74 Å². The van der Waals surface area contributed by atoms with E-state index in [2.05, 4.69) is 60.7 Å². The van der Waals surface area contributed by atoms with E-state index in [4.69, 9.17) is 4.74 Å². The molecule has 6 rings (SSSR count). The third kappa shape index (κ3) is 3.45. The molecular formula is C31H25NO3. The van der Waals surface area contributed by atoms with Gasteiger partial charge in [0.25, 0.3) is 11.8 Å². The van der Waals surface area contributed by atoms with Crippen molar-refractivity contribution >= 4 is 11.8 Å². The van der Waals surface area contributed by atoms with Gasteiger partial charge in [-0.1, -0.05) is 78.9 Å². The maximum atomic E-state index is 13.3. The molecule has 2 aliphatic rings. The van der Waals surface area contributed by atoms with Crippen molar-refractivity contribution in [3.63, 3.8) is 0 Å². The number of benzene rings is 4. The quantitative estimate of drug-likeness (QED) is 0.350. The number of hydrogen-bond acceptors (Lipinski definition) is 3. The van der Waals surface area contributed by atoms with Crippen molar-refractivity contribution in [2.75, 3.05) is 13.7 Å². The molecule has 1 aliphatic carbocycles. The van der Waals surface area contributed by atoms with E-state index < -0.39 is 0 Å². The molecule has 1 heterocycles. The van der Waals surface area contributed by atoms with Gasteiger partial charge in [-0.3, -0.25) is 14.5 Å². The smallest absolute Gasteiger partial charge is 0.261 e. The van der Waals surface area contributed by atoms with Gasteiger partial charge in [-0.15, -0.1) is 0 Å². The first-order chi connectivity index (χ1) is 17.2. The van der Waals surface area contributed by atoms with Crippen molar-refractivity contribution in [1.29, 1.82) is 0 Å². The lowest BCUT2D eigenvalue weighted by molar-refractivity contribution is 0.0622. The number of ether oxygens (including phenoxy) is 1. The molecule has 4 aromatic carbocycles. The summed E-state index contributed by atoms with van der Waals surface area (Å²) in [5.74, 6) is 0.473. The minimum absolute atomic E-state index is 0.00888. The van der Waals surface area contributed by atoms with Crippen LogP contribution in [0.3, 0.4) is 0 Å². The highest BCUT2D eigenvalue weighted by Gasteiger charge is 2.46. The van der Waals surface area contributed by atoms with E-state index in [9.17, 15) is 9.59 Å². The SMILES string of the molecule is COc1ccc([C@H]2c3ccccc3[C@@H](c3ccccc3)[C@@H]2CN2C(=O)c3ccccc3C2=O)cc1. The molecule has 0 aromatic heterocycles. The van der Waals surface area contributed by atoms with Gasteiger partial charge in [0.2, 0.25) is 0 Å². The van der Waals surface area contributed by atoms with Crippen molar-refractivity contribution in [1.82, 2.24) is 4.90 Å². The average molecular weight is 460 g/mol. The summed E-state index contributed by atoms with van der Waals surface area (Å²) in [6, 6.07) is 34.2. The Morgan fingerprint density at radius 3 is 1.66 bits per heavy atom. The molecule has 4 nitrogen and oxygen atoms in total. The third-order valence-electron chi connectivity index (χ3n) is 7.43. The molecule has 4 heteroatoms. The molecule has 0 fully saturated rings. The predicted octanol–water partition coefficient (Wildman–Crippen LogP) is 5.89. The van der Waals surface area contributed by atoms with Gasteiger partial charge in [0.05, 0.1) is 18.2 Å². The van der Waals surface area contributed by atoms with Gasteiger partial charge in [-0.25, -0.2) is 0 Å². The number of rotatable bonds is 5. The second-order valence-electron chi connectivity index (χ2n) is 9.20. The van der Waals surface area contributed by atoms with Crippen molar-refractivity contribution in [2.45, 2.75) is 11.8 Å².